The molecule has 7 heteroatoms. The number of nitrogens with zero attached hydrogens (tertiary/aromatic N) is 5. The minimum absolute atomic E-state index is 0.471. The van der Waals surface area contributed by atoms with Gasteiger partial charge in [-0.2, -0.15) is 10.3 Å². The molecule has 4 rings (SSSR count). The molecule has 1 aliphatic carbocycles. The van der Waals surface area contributed by atoms with Crippen LogP contribution in [0.15, 0.2) is 12.1 Å². The number of tetrazole rings is 1. The predicted molar refractivity (Wildman–Crippen MR) is 88.3 cm³/mol. The highest BCUT2D eigenvalue weighted by Gasteiger charge is 2.20. The Kier molecular flexibility index (Phi) is 3.55. The normalized spacial score (nSPS) is 13.3. The van der Waals surface area contributed by atoms with E-state index in [9.17, 15) is 0 Å². The lowest BCUT2D eigenvalue weighted by Crippen LogP contribution is -2.05. The zero-order valence-corrected chi connectivity index (χ0v) is 14.1. The third kappa shape index (κ3) is 2.55. The molecule has 7 nitrogen and oxygen atoms in total. The number of H-pyrrole nitrogens is 1. The standard InChI is InChI=1S/C17H20N6O/c1-10-7-13-5-4-6-14(13)15(8-10)24-17-11(2)20-23(12(17)3)9-16-18-21-22-19-16/h7-8H,4-6,9H2,1-3H3,(H,18,19,21,22). The molecular formula is C17H20N6O. The van der Waals surface area contributed by atoms with Crippen molar-refractivity contribution >= 4 is 0 Å². The molecular weight excluding hydrogens is 304 g/mol. The number of aromatic amines is 1. The Morgan fingerprint density at radius 3 is 2.88 bits per heavy atom. The van der Waals surface area contributed by atoms with E-state index in [0.29, 0.717) is 12.4 Å². The van der Waals surface area contributed by atoms with Crippen LogP contribution >= 0.6 is 0 Å². The number of aromatic nitrogens is 6. The number of nitrogens with one attached hydrogen (secondary N) is 1. The van der Waals surface area contributed by atoms with Crippen molar-refractivity contribution in [2.45, 2.75) is 46.6 Å². The van der Waals surface area contributed by atoms with Gasteiger partial charge >= 0.3 is 0 Å². The quantitative estimate of drug-likeness (QED) is 0.798. The Morgan fingerprint density at radius 2 is 2.08 bits per heavy atom. The van der Waals surface area contributed by atoms with Crippen LogP contribution in [0.25, 0.3) is 0 Å². The fourth-order valence-electron chi connectivity index (χ4n) is 3.38. The third-order valence-electron chi connectivity index (χ3n) is 4.53. The number of hydrogen-bond acceptors (Lipinski definition) is 5. The molecule has 124 valence electrons. The molecule has 2 heterocycles. The topological polar surface area (TPSA) is 81.5 Å². The van der Waals surface area contributed by atoms with E-state index in [0.717, 1.165) is 35.7 Å². The summed E-state index contributed by atoms with van der Waals surface area (Å²) in [5, 5.41) is 18.6. The molecule has 0 amide bonds. The summed E-state index contributed by atoms with van der Waals surface area (Å²) in [6.07, 6.45) is 3.42. The largest absolute Gasteiger partial charge is 0.453 e. The summed E-state index contributed by atoms with van der Waals surface area (Å²) in [7, 11) is 0. The molecule has 1 N–H and O–H groups in total. The van der Waals surface area contributed by atoms with Crippen molar-refractivity contribution in [1.82, 2.24) is 30.4 Å². The molecule has 0 saturated carbocycles. The van der Waals surface area contributed by atoms with E-state index in [1.165, 1.54) is 23.1 Å². The molecule has 0 bridgehead atoms. The summed E-state index contributed by atoms with van der Waals surface area (Å²) < 4.78 is 8.17. The van der Waals surface area contributed by atoms with Gasteiger partial charge in [0.2, 0.25) is 0 Å². The molecule has 0 saturated heterocycles. The van der Waals surface area contributed by atoms with Gasteiger partial charge in [-0.05, 0) is 62.8 Å². The number of rotatable bonds is 4. The molecule has 0 radical (unpaired) electrons. The molecule has 0 atom stereocenters. The van der Waals surface area contributed by atoms with Crippen LogP contribution in [-0.4, -0.2) is 30.4 Å². The van der Waals surface area contributed by atoms with Gasteiger partial charge in [-0.3, -0.25) is 4.68 Å². The van der Waals surface area contributed by atoms with Gasteiger partial charge in [0.15, 0.2) is 11.6 Å². The van der Waals surface area contributed by atoms with Gasteiger partial charge in [0.1, 0.15) is 18.0 Å². The minimum atomic E-state index is 0.471. The Balaban J connectivity index is 1.67. The second-order valence-electron chi connectivity index (χ2n) is 6.34. The van der Waals surface area contributed by atoms with E-state index in [1.807, 2.05) is 18.5 Å². The SMILES string of the molecule is Cc1cc2c(c(Oc3c(C)nn(Cc4nn[nH]n4)c3C)c1)CCC2. The van der Waals surface area contributed by atoms with Crippen LogP contribution in [0.2, 0.25) is 0 Å². The van der Waals surface area contributed by atoms with Gasteiger partial charge in [-0.15, -0.1) is 10.2 Å². The van der Waals surface area contributed by atoms with Crippen molar-refractivity contribution < 1.29 is 4.74 Å². The number of ether oxygens (including phenoxy) is 1. The number of aryl methyl sites for hydroxylation is 3. The van der Waals surface area contributed by atoms with Crippen molar-refractivity contribution in [2.75, 3.05) is 0 Å². The van der Waals surface area contributed by atoms with Crippen molar-refractivity contribution in [3.8, 4) is 11.5 Å². The molecule has 1 aliphatic rings. The highest BCUT2D eigenvalue weighted by atomic mass is 16.5. The lowest BCUT2D eigenvalue weighted by atomic mass is 10.1. The summed E-state index contributed by atoms with van der Waals surface area (Å²) in [5.41, 5.74) is 5.82. The first kappa shape index (κ1) is 14.9. The maximum atomic E-state index is 6.32. The summed E-state index contributed by atoms with van der Waals surface area (Å²) in [6, 6.07) is 4.40. The maximum Gasteiger partial charge on any atom is 0.195 e. The van der Waals surface area contributed by atoms with E-state index in [1.54, 1.807) is 0 Å². The molecule has 0 spiro atoms. The molecule has 2 aromatic heterocycles. The highest BCUT2D eigenvalue weighted by Crippen LogP contribution is 2.36. The average molecular weight is 324 g/mol. The molecule has 0 unspecified atom stereocenters. The van der Waals surface area contributed by atoms with Crippen molar-refractivity contribution in [2.24, 2.45) is 0 Å². The smallest absolute Gasteiger partial charge is 0.195 e. The lowest BCUT2D eigenvalue weighted by molar-refractivity contribution is 0.467. The van der Waals surface area contributed by atoms with Gasteiger partial charge in [0, 0.05) is 0 Å². The zero-order chi connectivity index (χ0) is 16.7. The van der Waals surface area contributed by atoms with Crippen molar-refractivity contribution in [3.63, 3.8) is 0 Å². The zero-order valence-electron chi connectivity index (χ0n) is 14.1. The van der Waals surface area contributed by atoms with Crippen LogP contribution in [0, 0.1) is 20.8 Å². The van der Waals surface area contributed by atoms with Gasteiger partial charge < -0.3 is 4.74 Å². The molecule has 0 fully saturated rings. The van der Waals surface area contributed by atoms with Gasteiger partial charge in [-0.25, -0.2) is 0 Å². The van der Waals surface area contributed by atoms with E-state index >= 15 is 0 Å². The van der Waals surface area contributed by atoms with Crippen LogP contribution in [0.5, 0.6) is 11.5 Å². The van der Waals surface area contributed by atoms with Crippen LogP contribution in [0.1, 0.15) is 40.3 Å². The average Bonchev–Trinajstić information content (AvgIpc) is 3.26. The van der Waals surface area contributed by atoms with Crippen LogP contribution in [-0.2, 0) is 19.4 Å². The first-order valence-corrected chi connectivity index (χ1v) is 8.18. The number of benzene rings is 1. The van der Waals surface area contributed by atoms with Crippen LogP contribution < -0.4 is 4.74 Å². The van der Waals surface area contributed by atoms with Crippen molar-refractivity contribution in [3.05, 3.63) is 46.0 Å². The summed E-state index contributed by atoms with van der Waals surface area (Å²) in [6.45, 7) is 6.56. The Bertz CT molecular complexity index is 881. The molecule has 1 aromatic carbocycles. The second-order valence-corrected chi connectivity index (χ2v) is 6.34. The first-order chi connectivity index (χ1) is 11.6. The fraction of sp³-hybridized carbons (Fsp3) is 0.412. The lowest BCUT2D eigenvalue weighted by Gasteiger charge is -2.12. The van der Waals surface area contributed by atoms with E-state index in [2.05, 4.69) is 44.8 Å². The second kappa shape index (κ2) is 5.74. The molecule has 24 heavy (non-hydrogen) atoms. The third-order valence-corrected chi connectivity index (χ3v) is 4.53. The summed E-state index contributed by atoms with van der Waals surface area (Å²) in [5.74, 6) is 2.38. The van der Waals surface area contributed by atoms with Crippen molar-refractivity contribution in [1.29, 1.82) is 0 Å². The van der Waals surface area contributed by atoms with Gasteiger partial charge in [-0.1, -0.05) is 11.3 Å². The Labute approximate surface area is 140 Å². The highest BCUT2D eigenvalue weighted by molar-refractivity contribution is 5.49. The first-order valence-electron chi connectivity index (χ1n) is 8.18. The maximum absolute atomic E-state index is 6.32. The molecule has 3 aromatic rings. The Morgan fingerprint density at radius 1 is 1.21 bits per heavy atom. The van der Waals surface area contributed by atoms with Gasteiger partial charge in [0.05, 0.1) is 5.69 Å². The summed E-state index contributed by atoms with van der Waals surface area (Å²) >= 11 is 0. The fourth-order valence-corrected chi connectivity index (χ4v) is 3.38. The van der Waals surface area contributed by atoms with Gasteiger partial charge in [0.25, 0.3) is 0 Å². The van der Waals surface area contributed by atoms with Crippen LogP contribution in [0.3, 0.4) is 0 Å². The predicted octanol–water partition coefficient (Wildman–Crippen LogP) is 2.65. The summed E-state index contributed by atoms with van der Waals surface area (Å²) in [4.78, 5) is 0. The Hall–Kier alpha value is -2.70. The minimum Gasteiger partial charge on any atom is -0.453 e. The van der Waals surface area contributed by atoms with E-state index in [-0.39, 0.29) is 0 Å². The molecule has 0 aliphatic heterocycles. The number of hydrogen-bond donors (Lipinski definition) is 1. The monoisotopic (exact) mass is 324 g/mol. The van der Waals surface area contributed by atoms with E-state index < -0.39 is 0 Å². The van der Waals surface area contributed by atoms with Crippen LogP contribution in [0.4, 0.5) is 0 Å². The number of fused-ring (bicyclic) bond motifs is 1. The van der Waals surface area contributed by atoms with E-state index in [4.69, 9.17) is 4.74 Å².